The van der Waals surface area contributed by atoms with E-state index < -0.39 is 0 Å². The molecule has 0 aliphatic rings. The van der Waals surface area contributed by atoms with Crippen LogP contribution in [0.2, 0.25) is 0 Å². The molecule has 0 saturated heterocycles. The highest BCUT2D eigenvalue weighted by Crippen LogP contribution is 2.12. The van der Waals surface area contributed by atoms with Crippen molar-refractivity contribution in [3.8, 4) is 6.07 Å². The quantitative estimate of drug-likeness (QED) is 0.862. The molecule has 19 heavy (non-hydrogen) atoms. The van der Waals surface area contributed by atoms with E-state index in [0.717, 1.165) is 17.5 Å². The second-order valence-corrected chi connectivity index (χ2v) is 3.77. The number of nitriles is 1. The predicted molar refractivity (Wildman–Crippen MR) is 76.3 cm³/mol. The topological polar surface area (TPSA) is 80.5 Å². The minimum Gasteiger partial charge on any atom is -0.330 e. The molecule has 0 bridgehead atoms. The minimum absolute atomic E-state index is 0. The van der Waals surface area contributed by atoms with Crippen LogP contribution < -0.4 is 5.73 Å². The molecule has 6 heteroatoms. The molecule has 0 fully saturated rings. The lowest BCUT2D eigenvalue weighted by Gasteiger charge is -2.01. The van der Waals surface area contributed by atoms with Crippen molar-refractivity contribution < 1.29 is 0 Å². The van der Waals surface area contributed by atoms with Crippen LogP contribution in [0.5, 0.6) is 0 Å². The monoisotopic (exact) mass is 275 g/mol. The normalized spacial score (nSPS) is 10.6. The van der Waals surface area contributed by atoms with Gasteiger partial charge in [0, 0.05) is 0 Å². The summed E-state index contributed by atoms with van der Waals surface area (Å²) in [6, 6.07) is 10.0. The molecule has 0 amide bonds. The molecule has 2 rings (SSSR count). The second kappa shape index (κ2) is 7.31. The maximum absolute atomic E-state index is 9.10. The molecule has 0 atom stereocenters. The molecule has 2 aromatic rings. The summed E-state index contributed by atoms with van der Waals surface area (Å²) in [5.41, 5.74) is 8.06. The van der Waals surface area contributed by atoms with Gasteiger partial charge in [0.05, 0.1) is 0 Å². The molecule has 0 aliphatic heterocycles. The molecule has 0 saturated carbocycles. The maximum atomic E-state index is 9.10. The zero-order valence-corrected chi connectivity index (χ0v) is 11.0. The van der Waals surface area contributed by atoms with Gasteiger partial charge >= 0.3 is 0 Å². The molecule has 0 aliphatic carbocycles. The number of hydrogen-bond donors (Lipinski definition) is 1. The van der Waals surface area contributed by atoms with E-state index in [1.807, 2.05) is 24.3 Å². The molecule has 5 nitrogen and oxygen atoms in total. The third kappa shape index (κ3) is 3.91. The van der Waals surface area contributed by atoms with E-state index in [1.165, 1.54) is 17.3 Å². The number of aromatic nitrogens is 3. The Morgan fingerprint density at radius 3 is 2.95 bits per heavy atom. The lowest BCUT2D eigenvalue weighted by molar-refractivity contribution is 0.914. The minimum atomic E-state index is 0. The molecule has 1 heterocycles. The summed E-state index contributed by atoms with van der Waals surface area (Å²) in [5.74, 6) is 0. The van der Waals surface area contributed by atoms with Crippen LogP contribution in [-0.2, 0) is 6.42 Å². The second-order valence-electron chi connectivity index (χ2n) is 3.77. The number of rotatable bonds is 4. The Kier molecular flexibility index (Phi) is 5.73. The van der Waals surface area contributed by atoms with Crippen LogP contribution >= 0.6 is 12.4 Å². The van der Waals surface area contributed by atoms with Crippen LogP contribution in [0.25, 0.3) is 11.8 Å². The SMILES string of the molecule is Cl.N#CC(=Cc1cccc(CCN)c1)n1cncn1. The van der Waals surface area contributed by atoms with Gasteiger partial charge in [0.1, 0.15) is 24.4 Å². The van der Waals surface area contributed by atoms with Crippen molar-refractivity contribution in [2.24, 2.45) is 5.73 Å². The van der Waals surface area contributed by atoms with Gasteiger partial charge in [-0.05, 0) is 30.2 Å². The standard InChI is InChI=1S/C13H13N5.ClH/c14-5-4-11-2-1-3-12(6-11)7-13(8-15)18-10-16-9-17-18;/h1-3,6-7,9-10H,4-5,14H2;1H. The summed E-state index contributed by atoms with van der Waals surface area (Å²) >= 11 is 0. The highest BCUT2D eigenvalue weighted by molar-refractivity contribution is 5.85. The zero-order valence-electron chi connectivity index (χ0n) is 10.2. The van der Waals surface area contributed by atoms with Crippen LogP contribution in [0.15, 0.2) is 36.9 Å². The Morgan fingerprint density at radius 2 is 2.32 bits per heavy atom. The first kappa shape index (κ1) is 14.9. The van der Waals surface area contributed by atoms with Gasteiger partial charge in [-0.25, -0.2) is 9.67 Å². The third-order valence-corrected chi connectivity index (χ3v) is 2.47. The van der Waals surface area contributed by atoms with Crippen LogP contribution in [0.4, 0.5) is 0 Å². The highest BCUT2D eigenvalue weighted by Gasteiger charge is 2.00. The first-order chi connectivity index (χ1) is 8.83. The number of benzene rings is 1. The first-order valence-corrected chi connectivity index (χ1v) is 5.59. The van der Waals surface area contributed by atoms with Gasteiger partial charge in [0.2, 0.25) is 0 Å². The van der Waals surface area contributed by atoms with Gasteiger partial charge in [0.15, 0.2) is 0 Å². The van der Waals surface area contributed by atoms with Crippen LogP contribution in [-0.4, -0.2) is 21.3 Å². The summed E-state index contributed by atoms with van der Waals surface area (Å²) in [6.07, 6.45) is 5.50. The summed E-state index contributed by atoms with van der Waals surface area (Å²) in [6.45, 7) is 0.612. The Bertz CT molecular complexity index is 583. The fourth-order valence-corrected chi connectivity index (χ4v) is 1.65. The van der Waals surface area contributed by atoms with E-state index in [4.69, 9.17) is 11.0 Å². The van der Waals surface area contributed by atoms with Gasteiger partial charge in [-0.1, -0.05) is 24.3 Å². The average Bonchev–Trinajstić information content (AvgIpc) is 2.90. The highest BCUT2D eigenvalue weighted by atomic mass is 35.5. The largest absolute Gasteiger partial charge is 0.330 e. The van der Waals surface area contributed by atoms with E-state index in [1.54, 1.807) is 6.08 Å². The van der Waals surface area contributed by atoms with E-state index in [-0.39, 0.29) is 12.4 Å². The average molecular weight is 276 g/mol. The van der Waals surface area contributed by atoms with Gasteiger partial charge in [-0.2, -0.15) is 10.4 Å². The smallest absolute Gasteiger partial charge is 0.144 e. The van der Waals surface area contributed by atoms with Crippen LogP contribution in [0, 0.1) is 11.3 Å². The zero-order chi connectivity index (χ0) is 12.8. The predicted octanol–water partition coefficient (Wildman–Crippen LogP) is 1.72. The van der Waals surface area contributed by atoms with Gasteiger partial charge in [-0.3, -0.25) is 0 Å². The molecule has 0 unspecified atom stereocenters. The Balaban J connectivity index is 0.00000180. The number of nitrogens with zero attached hydrogens (tertiary/aromatic N) is 4. The molecule has 2 N–H and O–H groups in total. The van der Waals surface area contributed by atoms with Crippen molar-refractivity contribution in [1.82, 2.24) is 14.8 Å². The Morgan fingerprint density at radius 1 is 1.47 bits per heavy atom. The summed E-state index contributed by atoms with van der Waals surface area (Å²) in [4.78, 5) is 3.82. The van der Waals surface area contributed by atoms with E-state index in [0.29, 0.717) is 12.2 Å². The number of hydrogen-bond acceptors (Lipinski definition) is 4. The molecule has 98 valence electrons. The van der Waals surface area contributed by atoms with Gasteiger partial charge < -0.3 is 5.73 Å². The summed E-state index contributed by atoms with van der Waals surface area (Å²) < 4.78 is 1.44. The molecule has 0 radical (unpaired) electrons. The van der Waals surface area contributed by atoms with Crippen LogP contribution in [0.1, 0.15) is 11.1 Å². The van der Waals surface area contributed by atoms with Crippen molar-refractivity contribution in [1.29, 1.82) is 5.26 Å². The maximum Gasteiger partial charge on any atom is 0.144 e. The van der Waals surface area contributed by atoms with E-state index >= 15 is 0 Å². The number of allylic oxidation sites excluding steroid dienone is 1. The first-order valence-electron chi connectivity index (χ1n) is 5.59. The fraction of sp³-hybridized carbons (Fsp3) is 0.154. The molecule has 0 spiro atoms. The Labute approximate surface area is 117 Å². The summed E-state index contributed by atoms with van der Waals surface area (Å²) in [7, 11) is 0. The van der Waals surface area contributed by atoms with Crippen molar-refractivity contribution in [2.45, 2.75) is 6.42 Å². The van der Waals surface area contributed by atoms with Gasteiger partial charge in [-0.15, -0.1) is 12.4 Å². The number of halogens is 1. The van der Waals surface area contributed by atoms with Gasteiger partial charge in [0.25, 0.3) is 0 Å². The van der Waals surface area contributed by atoms with Crippen LogP contribution in [0.3, 0.4) is 0 Å². The number of nitrogens with two attached hydrogens (primary N) is 1. The lowest BCUT2D eigenvalue weighted by Crippen LogP contribution is -2.02. The van der Waals surface area contributed by atoms with E-state index in [9.17, 15) is 0 Å². The lowest BCUT2D eigenvalue weighted by atomic mass is 10.1. The third-order valence-electron chi connectivity index (χ3n) is 2.47. The molecule has 1 aromatic heterocycles. The Hall–Kier alpha value is -2.16. The molecular formula is C13H14ClN5. The van der Waals surface area contributed by atoms with Crippen molar-refractivity contribution in [3.63, 3.8) is 0 Å². The van der Waals surface area contributed by atoms with Crippen molar-refractivity contribution >= 4 is 24.2 Å². The molecular weight excluding hydrogens is 262 g/mol. The fourth-order valence-electron chi connectivity index (χ4n) is 1.65. The molecule has 1 aromatic carbocycles. The van der Waals surface area contributed by atoms with Crippen molar-refractivity contribution in [3.05, 3.63) is 48.0 Å². The van der Waals surface area contributed by atoms with Crippen molar-refractivity contribution in [2.75, 3.05) is 6.54 Å². The van der Waals surface area contributed by atoms with E-state index in [2.05, 4.69) is 16.2 Å². The summed E-state index contributed by atoms with van der Waals surface area (Å²) in [5, 5.41) is 13.0.